The second kappa shape index (κ2) is 23.6. The van der Waals surface area contributed by atoms with Gasteiger partial charge >= 0.3 is 0 Å². The molecule has 0 saturated heterocycles. The number of hydrogen-bond acceptors (Lipinski definition) is 1. The third-order valence-electron chi connectivity index (χ3n) is 6.93. The Labute approximate surface area is 261 Å². The Bertz CT molecular complexity index is 1100. The number of hydrogen-bond donors (Lipinski definition) is 0. The maximum absolute atomic E-state index is 5.46. The molecule has 1 atom stereocenters. The summed E-state index contributed by atoms with van der Waals surface area (Å²) in [6.45, 7) is 21.7. The average Bonchev–Trinajstić information content (AvgIpc) is 2.91. The van der Waals surface area contributed by atoms with Gasteiger partial charge in [-0.3, -0.25) is 0 Å². The first-order valence-corrected chi connectivity index (χ1v) is 15.7. The van der Waals surface area contributed by atoms with Crippen molar-refractivity contribution in [3.05, 3.63) is 131 Å². The Kier molecular flexibility index (Phi) is 22.0. The van der Waals surface area contributed by atoms with E-state index in [0.717, 1.165) is 32.1 Å². The van der Waals surface area contributed by atoms with Gasteiger partial charge in [-0.2, -0.15) is 0 Å². The van der Waals surface area contributed by atoms with Gasteiger partial charge in [0.2, 0.25) is 0 Å². The summed E-state index contributed by atoms with van der Waals surface area (Å²) in [5.74, 6) is 0.498. The van der Waals surface area contributed by atoms with Gasteiger partial charge < -0.3 is 4.74 Å². The van der Waals surface area contributed by atoms with Gasteiger partial charge in [0.1, 0.15) is 0 Å². The van der Waals surface area contributed by atoms with Crippen molar-refractivity contribution >= 4 is 0 Å². The summed E-state index contributed by atoms with van der Waals surface area (Å²) < 4.78 is 5.46. The fraction of sp³-hybridized carbons (Fsp3) is 0.463. The first-order valence-electron chi connectivity index (χ1n) is 15.7. The zero-order valence-electron chi connectivity index (χ0n) is 29.0. The summed E-state index contributed by atoms with van der Waals surface area (Å²) in [5, 5.41) is 0. The van der Waals surface area contributed by atoms with E-state index in [-0.39, 0.29) is 5.60 Å². The Hall–Kier alpha value is -2.90. The van der Waals surface area contributed by atoms with Crippen LogP contribution in [0, 0.1) is 5.92 Å². The number of methoxy groups -OCH3 is 1. The van der Waals surface area contributed by atoms with Gasteiger partial charge in [-0.05, 0) is 107 Å². The van der Waals surface area contributed by atoms with Crippen LogP contribution in [0.1, 0.15) is 108 Å². The van der Waals surface area contributed by atoms with Crippen LogP contribution in [0.4, 0.5) is 0 Å². The van der Waals surface area contributed by atoms with Crippen molar-refractivity contribution in [1.29, 1.82) is 0 Å². The Morgan fingerprint density at radius 3 is 1.83 bits per heavy atom. The SMILES string of the molecule is COC(C)(C)C\C=C/C(C)=C/C=C/C(C)=C/C=C\C(C)C\C=C/C=C(C)/C=C/C=C(\C)CC/C=C(\C)CCC=C(C)C. The molecule has 0 saturated carbocycles. The van der Waals surface area contributed by atoms with Gasteiger partial charge in [0.15, 0.2) is 0 Å². The monoisotopic (exact) mass is 570 g/mol. The lowest BCUT2D eigenvalue weighted by atomic mass is 10.0. The maximum atomic E-state index is 5.46. The van der Waals surface area contributed by atoms with Crippen molar-refractivity contribution < 1.29 is 4.74 Å². The van der Waals surface area contributed by atoms with E-state index >= 15 is 0 Å². The molecule has 0 spiro atoms. The molecular formula is C41H62O. The quantitative estimate of drug-likeness (QED) is 0.111. The largest absolute Gasteiger partial charge is 0.378 e. The molecule has 232 valence electrons. The zero-order valence-corrected chi connectivity index (χ0v) is 29.0. The van der Waals surface area contributed by atoms with E-state index in [1.807, 2.05) is 0 Å². The van der Waals surface area contributed by atoms with Gasteiger partial charge in [-0.15, -0.1) is 0 Å². The van der Waals surface area contributed by atoms with E-state index in [1.165, 1.54) is 39.9 Å². The van der Waals surface area contributed by atoms with E-state index < -0.39 is 0 Å². The predicted molar refractivity (Wildman–Crippen MR) is 192 cm³/mol. The molecule has 0 aromatic carbocycles. The topological polar surface area (TPSA) is 9.23 Å². The second-order valence-corrected chi connectivity index (χ2v) is 12.5. The predicted octanol–water partition coefficient (Wildman–Crippen LogP) is 12.9. The highest BCUT2D eigenvalue weighted by molar-refractivity contribution is 5.29. The van der Waals surface area contributed by atoms with Crippen molar-refractivity contribution in [2.24, 2.45) is 5.92 Å². The fourth-order valence-electron chi connectivity index (χ4n) is 3.80. The molecule has 0 radical (unpaired) electrons. The van der Waals surface area contributed by atoms with Gasteiger partial charge in [0, 0.05) is 7.11 Å². The molecule has 0 bridgehead atoms. The molecular weight excluding hydrogens is 508 g/mol. The van der Waals surface area contributed by atoms with Gasteiger partial charge in [-0.25, -0.2) is 0 Å². The average molecular weight is 571 g/mol. The lowest BCUT2D eigenvalue weighted by Crippen LogP contribution is -2.20. The fourth-order valence-corrected chi connectivity index (χ4v) is 3.80. The highest BCUT2D eigenvalue weighted by Crippen LogP contribution is 2.14. The van der Waals surface area contributed by atoms with Crippen LogP contribution < -0.4 is 0 Å². The smallest absolute Gasteiger partial charge is 0.0657 e. The minimum Gasteiger partial charge on any atom is -0.378 e. The van der Waals surface area contributed by atoms with Gasteiger partial charge in [0.05, 0.1) is 5.60 Å². The Morgan fingerprint density at radius 2 is 1.19 bits per heavy atom. The molecule has 0 amide bonds. The van der Waals surface area contributed by atoms with Crippen molar-refractivity contribution in [2.75, 3.05) is 7.11 Å². The first-order chi connectivity index (χ1) is 19.8. The van der Waals surface area contributed by atoms with E-state index in [1.54, 1.807) is 7.11 Å². The summed E-state index contributed by atoms with van der Waals surface area (Å²) in [6.07, 6.45) is 41.8. The summed E-state index contributed by atoms with van der Waals surface area (Å²) >= 11 is 0. The summed E-state index contributed by atoms with van der Waals surface area (Å²) in [6, 6.07) is 0. The van der Waals surface area contributed by atoms with Gasteiger partial charge in [-0.1, -0.05) is 138 Å². The third-order valence-corrected chi connectivity index (χ3v) is 6.93. The Morgan fingerprint density at radius 1 is 0.643 bits per heavy atom. The van der Waals surface area contributed by atoms with E-state index in [4.69, 9.17) is 4.74 Å². The van der Waals surface area contributed by atoms with Crippen LogP contribution in [0.3, 0.4) is 0 Å². The normalized spacial score (nSPS) is 15.8. The molecule has 0 aromatic heterocycles. The maximum Gasteiger partial charge on any atom is 0.0657 e. The molecule has 0 heterocycles. The summed E-state index contributed by atoms with van der Waals surface area (Å²) in [4.78, 5) is 0. The minimum atomic E-state index is -0.114. The van der Waals surface area contributed by atoms with E-state index in [2.05, 4.69) is 166 Å². The van der Waals surface area contributed by atoms with Crippen molar-refractivity contribution in [3.63, 3.8) is 0 Å². The first kappa shape index (κ1) is 39.1. The van der Waals surface area contributed by atoms with Crippen LogP contribution in [0.15, 0.2) is 131 Å². The lowest BCUT2D eigenvalue weighted by Gasteiger charge is -2.20. The van der Waals surface area contributed by atoms with E-state index in [0.29, 0.717) is 5.92 Å². The molecule has 0 aliphatic heterocycles. The number of rotatable bonds is 19. The van der Waals surface area contributed by atoms with Gasteiger partial charge in [0.25, 0.3) is 0 Å². The molecule has 1 heteroatoms. The van der Waals surface area contributed by atoms with Crippen molar-refractivity contribution in [2.45, 2.75) is 113 Å². The number of ether oxygens (including phenoxy) is 1. The van der Waals surface area contributed by atoms with Crippen LogP contribution in [0.25, 0.3) is 0 Å². The highest BCUT2D eigenvalue weighted by atomic mass is 16.5. The second-order valence-electron chi connectivity index (χ2n) is 12.5. The summed E-state index contributed by atoms with van der Waals surface area (Å²) in [7, 11) is 1.76. The van der Waals surface area contributed by atoms with Crippen LogP contribution >= 0.6 is 0 Å². The van der Waals surface area contributed by atoms with Crippen LogP contribution in [0.5, 0.6) is 0 Å². The Balaban J connectivity index is 4.53. The molecule has 0 aromatic rings. The van der Waals surface area contributed by atoms with E-state index in [9.17, 15) is 0 Å². The van der Waals surface area contributed by atoms with Crippen molar-refractivity contribution in [3.8, 4) is 0 Å². The summed E-state index contributed by atoms with van der Waals surface area (Å²) in [5.41, 5.74) is 7.94. The minimum absolute atomic E-state index is 0.114. The molecule has 1 unspecified atom stereocenters. The molecule has 0 aliphatic rings. The molecule has 0 fully saturated rings. The third kappa shape index (κ3) is 24.9. The molecule has 0 aliphatic carbocycles. The van der Waals surface area contributed by atoms with Crippen molar-refractivity contribution in [1.82, 2.24) is 0 Å². The van der Waals surface area contributed by atoms with Crippen LogP contribution in [0.2, 0.25) is 0 Å². The number of allylic oxidation sites excluding steroid dienone is 21. The van der Waals surface area contributed by atoms with Crippen LogP contribution in [-0.4, -0.2) is 12.7 Å². The molecule has 0 rings (SSSR count). The standard InChI is InChI=1S/C41H62O/c1-34(2)20-14-23-37(5)26-17-29-38(6)27-15-24-35(3)21-12-13-22-36(4)25-16-28-39(7)30-18-31-40(8)32-19-33-41(9,10)42-11/h12-13,15-16,18-21,24-28,30-32,36H,14,17,22-23,29,33H2,1-11H3/b13-12-,24-15+,25-16-,30-18+,32-19-,35-21+,37-26+,38-27+,39-28+,40-31+. The lowest BCUT2D eigenvalue weighted by molar-refractivity contribution is 0.0255. The highest BCUT2D eigenvalue weighted by Gasteiger charge is 2.12. The zero-order chi connectivity index (χ0) is 31.8. The molecule has 42 heavy (non-hydrogen) atoms. The van der Waals surface area contributed by atoms with Crippen LogP contribution in [-0.2, 0) is 4.74 Å². The molecule has 1 nitrogen and oxygen atoms in total. The molecule has 0 N–H and O–H groups in total.